The summed E-state index contributed by atoms with van der Waals surface area (Å²) in [6.45, 7) is 8.40. The summed E-state index contributed by atoms with van der Waals surface area (Å²) in [5, 5.41) is 0. The standard InChI is InChI=1S/C11H19NO2/c1-5-9-7-6-8-12(9)10(13)14-11(2,3)4/h5H,6-8H2,1-4H3/b9-5+. The van der Waals surface area contributed by atoms with Gasteiger partial charge in [0.2, 0.25) is 0 Å². The lowest BCUT2D eigenvalue weighted by atomic mass is 10.2. The van der Waals surface area contributed by atoms with Gasteiger partial charge in [-0.15, -0.1) is 0 Å². The molecule has 1 aliphatic heterocycles. The summed E-state index contributed by atoms with van der Waals surface area (Å²) >= 11 is 0. The van der Waals surface area contributed by atoms with Crippen molar-refractivity contribution in [3.05, 3.63) is 11.8 Å². The van der Waals surface area contributed by atoms with E-state index in [-0.39, 0.29) is 6.09 Å². The topological polar surface area (TPSA) is 29.5 Å². The number of ether oxygens (including phenoxy) is 1. The molecule has 1 saturated heterocycles. The maximum atomic E-state index is 11.7. The van der Waals surface area contributed by atoms with E-state index in [4.69, 9.17) is 4.74 Å². The number of allylic oxidation sites excluding steroid dienone is 2. The second kappa shape index (κ2) is 4.03. The van der Waals surface area contributed by atoms with E-state index in [9.17, 15) is 4.79 Å². The van der Waals surface area contributed by atoms with Gasteiger partial charge < -0.3 is 4.74 Å². The zero-order valence-electron chi connectivity index (χ0n) is 9.46. The summed E-state index contributed by atoms with van der Waals surface area (Å²) in [6.07, 6.45) is 3.79. The summed E-state index contributed by atoms with van der Waals surface area (Å²) in [5.41, 5.74) is 0.678. The van der Waals surface area contributed by atoms with Crippen LogP contribution < -0.4 is 0 Å². The van der Waals surface area contributed by atoms with Crippen LogP contribution in [0.4, 0.5) is 4.79 Å². The fourth-order valence-corrected chi connectivity index (χ4v) is 1.52. The maximum absolute atomic E-state index is 11.7. The molecule has 0 aromatic heterocycles. The third kappa shape index (κ3) is 2.76. The first-order valence-corrected chi connectivity index (χ1v) is 5.10. The predicted octanol–water partition coefficient (Wildman–Crippen LogP) is 2.92. The Morgan fingerprint density at radius 1 is 1.50 bits per heavy atom. The van der Waals surface area contributed by atoms with Gasteiger partial charge in [0.05, 0.1) is 0 Å². The first-order chi connectivity index (χ1) is 6.44. The average Bonchev–Trinajstić information content (AvgIpc) is 2.47. The minimum atomic E-state index is -0.404. The molecule has 0 aromatic rings. The van der Waals surface area contributed by atoms with Crippen molar-refractivity contribution in [2.75, 3.05) is 6.54 Å². The lowest BCUT2D eigenvalue weighted by Crippen LogP contribution is -2.33. The van der Waals surface area contributed by atoms with Crippen molar-refractivity contribution >= 4 is 6.09 Å². The van der Waals surface area contributed by atoms with E-state index in [2.05, 4.69) is 0 Å². The molecule has 80 valence electrons. The maximum Gasteiger partial charge on any atom is 0.414 e. The second-order valence-corrected chi connectivity index (χ2v) is 4.52. The molecule has 0 unspecified atom stereocenters. The molecular weight excluding hydrogens is 178 g/mol. The average molecular weight is 197 g/mol. The molecule has 0 radical (unpaired) electrons. The van der Waals surface area contributed by atoms with Crippen molar-refractivity contribution in [1.29, 1.82) is 0 Å². The fraction of sp³-hybridized carbons (Fsp3) is 0.727. The van der Waals surface area contributed by atoms with Crippen LogP contribution in [0.1, 0.15) is 40.5 Å². The van der Waals surface area contributed by atoms with Crippen LogP contribution in [0.25, 0.3) is 0 Å². The highest BCUT2D eigenvalue weighted by molar-refractivity contribution is 5.70. The molecule has 14 heavy (non-hydrogen) atoms. The Kier molecular flexibility index (Phi) is 3.19. The van der Waals surface area contributed by atoms with Crippen LogP contribution >= 0.6 is 0 Å². The molecule has 3 heteroatoms. The Morgan fingerprint density at radius 2 is 2.14 bits per heavy atom. The number of hydrogen-bond acceptors (Lipinski definition) is 2. The minimum absolute atomic E-state index is 0.219. The molecule has 1 amide bonds. The van der Waals surface area contributed by atoms with Crippen LogP contribution in [0, 0.1) is 0 Å². The van der Waals surface area contributed by atoms with Crippen molar-refractivity contribution < 1.29 is 9.53 Å². The molecule has 0 bridgehead atoms. The minimum Gasteiger partial charge on any atom is -0.443 e. The summed E-state index contributed by atoms with van der Waals surface area (Å²) in [4.78, 5) is 13.4. The van der Waals surface area contributed by atoms with Crippen molar-refractivity contribution in [2.24, 2.45) is 0 Å². The lowest BCUT2D eigenvalue weighted by Gasteiger charge is -2.25. The van der Waals surface area contributed by atoms with Gasteiger partial charge >= 0.3 is 6.09 Å². The highest BCUT2D eigenvalue weighted by atomic mass is 16.6. The highest BCUT2D eigenvalue weighted by Crippen LogP contribution is 2.23. The number of carbonyl (C=O) groups excluding carboxylic acids is 1. The fourth-order valence-electron chi connectivity index (χ4n) is 1.52. The van der Waals surface area contributed by atoms with Crippen LogP contribution in [0.3, 0.4) is 0 Å². The van der Waals surface area contributed by atoms with Gasteiger partial charge in [-0.05, 0) is 40.5 Å². The molecule has 1 rings (SSSR count). The molecule has 0 N–H and O–H groups in total. The molecular formula is C11H19NO2. The van der Waals surface area contributed by atoms with Crippen molar-refractivity contribution in [2.45, 2.75) is 46.1 Å². The summed E-state index contributed by atoms with van der Waals surface area (Å²) < 4.78 is 5.30. The largest absolute Gasteiger partial charge is 0.443 e. The van der Waals surface area contributed by atoms with Gasteiger partial charge in [-0.25, -0.2) is 4.79 Å². The zero-order valence-corrected chi connectivity index (χ0v) is 9.46. The number of likely N-dealkylation sites (tertiary alicyclic amines) is 1. The first kappa shape index (κ1) is 11.1. The van der Waals surface area contributed by atoms with E-state index in [0.717, 1.165) is 25.1 Å². The van der Waals surface area contributed by atoms with Crippen LogP contribution in [0.15, 0.2) is 11.8 Å². The Balaban J connectivity index is 2.61. The lowest BCUT2D eigenvalue weighted by molar-refractivity contribution is 0.0338. The van der Waals surface area contributed by atoms with Crippen LogP contribution in [0.5, 0.6) is 0 Å². The smallest absolute Gasteiger partial charge is 0.414 e. The molecule has 1 fully saturated rings. The monoisotopic (exact) mass is 197 g/mol. The third-order valence-electron chi connectivity index (χ3n) is 2.11. The Labute approximate surface area is 85.7 Å². The van der Waals surface area contributed by atoms with E-state index in [1.54, 1.807) is 4.90 Å². The number of carbonyl (C=O) groups is 1. The van der Waals surface area contributed by atoms with Crippen molar-refractivity contribution in [3.63, 3.8) is 0 Å². The molecule has 1 aliphatic rings. The normalized spacial score (nSPS) is 20.3. The third-order valence-corrected chi connectivity index (χ3v) is 2.11. The van der Waals surface area contributed by atoms with E-state index < -0.39 is 5.60 Å². The van der Waals surface area contributed by atoms with Gasteiger partial charge in [0, 0.05) is 12.2 Å². The Morgan fingerprint density at radius 3 is 2.64 bits per heavy atom. The van der Waals surface area contributed by atoms with Gasteiger partial charge in [0.15, 0.2) is 0 Å². The zero-order chi connectivity index (χ0) is 10.8. The van der Waals surface area contributed by atoms with E-state index in [1.165, 1.54) is 0 Å². The highest BCUT2D eigenvalue weighted by Gasteiger charge is 2.27. The Bertz CT molecular complexity index is 251. The van der Waals surface area contributed by atoms with Gasteiger partial charge in [-0.2, -0.15) is 0 Å². The van der Waals surface area contributed by atoms with Gasteiger partial charge in [-0.1, -0.05) is 6.08 Å². The number of amides is 1. The molecule has 3 nitrogen and oxygen atoms in total. The van der Waals surface area contributed by atoms with Crippen molar-refractivity contribution in [3.8, 4) is 0 Å². The van der Waals surface area contributed by atoms with Gasteiger partial charge in [-0.3, -0.25) is 4.90 Å². The molecule has 0 aliphatic carbocycles. The first-order valence-electron chi connectivity index (χ1n) is 5.10. The SMILES string of the molecule is C/C=C1\CCCN1C(=O)OC(C)(C)C. The number of rotatable bonds is 0. The second-order valence-electron chi connectivity index (χ2n) is 4.52. The van der Waals surface area contributed by atoms with E-state index >= 15 is 0 Å². The molecule has 1 heterocycles. The number of hydrogen-bond donors (Lipinski definition) is 0. The van der Waals surface area contributed by atoms with Crippen LogP contribution in [0.2, 0.25) is 0 Å². The Hall–Kier alpha value is -0.990. The molecule has 0 spiro atoms. The summed E-state index contributed by atoms with van der Waals surface area (Å²) in [5.74, 6) is 0. The summed E-state index contributed by atoms with van der Waals surface area (Å²) in [7, 11) is 0. The van der Waals surface area contributed by atoms with Crippen LogP contribution in [-0.4, -0.2) is 23.1 Å². The quantitative estimate of drug-likeness (QED) is 0.597. The predicted molar refractivity (Wildman–Crippen MR) is 55.9 cm³/mol. The van der Waals surface area contributed by atoms with Gasteiger partial charge in [0.25, 0.3) is 0 Å². The molecule has 0 atom stereocenters. The molecule has 0 saturated carbocycles. The summed E-state index contributed by atoms with van der Waals surface area (Å²) in [6, 6.07) is 0. The number of nitrogens with zero attached hydrogens (tertiary/aromatic N) is 1. The van der Waals surface area contributed by atoms with Crippen LogP contribution in [-0.2, 0) is 4.74 Å². The van der Waals surface area contributed by atoms with Crippen molar-refractivity contribution in [1.82, 2.24) is 4.90 Å². The van der Waals surface area contributed by atoms with E-state index in [1.807, 2.05) is 33.8 Å². The van der Waals surface area contributed by atoms with E-state index in [0.29, 0.717) is 0 Å². The molecule has 0 aromatic carbocycles. The van der Waals surface area contributed by atoms with Gasteiger partial charge in [0.1, 0.15) is 5.60 Å².